The first-order valence-corrected chi connectivity index (χ1v) is 8.35. The summed E-state index contributed by atoms with van der Waals surface area (Å²) < 4.78 is 0. The zero-order chi connectivity index (χ0) is 17.3. The lowest BCUT2D eigenvalue weighted by Crippen LogP contribution is -2.45. The molecule has 2 saturated heterocycles. The van der Waals surface area contributed by atoms with Gasteiger partial charge in [0.15, 0.2) is 0 Å². The van der Waals surface area contributed by atoms with E-state index in [1.54, 1.807) is 9.80 Å². The van der Waals surface area contributed by atoms with E-state index in [0.29, 0.717) is 25.9 Å². The summed E-state index contributed by atoms with van der Waals surface area (Å²) in [6.07, 6.45) is 1.50. The maximum atomic E-state index is 12.7. The van der Waals surface area contributed by atoms with Crippen molar-refractivity contribution in [1.82, 2.24) is 4.90 Å². The molecule has 1 aromatic carbocycles. The van der Waals surface area contributed by atoms with Gasteiger partial charge < -0.3 is 14.9 Å². The molecule has 24 heavy (non-hydrogen) atoms. The number of carbonyl (C=O) groups is 3. The van der Waals surface area contributed by atoms with Crippen molar-refractivity contribution < 1.29 is 19.5 Å². The molecule has 2 aliphatic heterocycles. The molecule has 2 atom stereocenters. The molecule has 2 aliphatic rings. The highest BCUT2D eigenvalue weighted by Crippen LogP contribution is 2.29. The normalized spacial score (nSPS) is 24.3. The average molecular weight is 330 g/mol. The third kappa shape index (κ3) is 3.13. The van der Waals surface area contributed by atoms with Gasteiger partial charge in [-0.1, -0.05) is 18.2 Å². The minimum absolute atomic E-state index is 0.0468. The van der Waals surface area contributed by atoms with Gasteiger partial charge in [0.05, 0.1) is 11.8 Å². The van der Waals surface area contributed by atoms with Crippen molar-refractivity contribution in [2.75, 3.05) is 24.5 Å². The molecule has 1 aromatic rings. The van der Waals surface area contributed by atoms with E-state index in [2.05, 4.69) is 0 Å². The maximum Gasteiger partial charge on any atom is 0.308 e. The second kappa shape index (κ2) is 6.63. The summed E-state index contributed by atoms with van der Waals surface area (Å²) in [5.74, 6) is -1.87. The number of carboxylic acid groups (broad SMARTS) is 1. The van der Waals surface area contributed by atoms with E-state index < -0.39 is 11.9 Å². The molecule has 0 saturated carbocycles. The number of aliphatic carboxylic acids is 1. The lowest BCUT2D eigenvalue weighted by molar-refractivity contribution is -0.146. The Bertz CT molecular complexity index is 673. The zero-order valence-electron chi connectivity index (χ0n) is 13.8. The number of amides is 2. The van der Waals surface area contributed by atoms with Crippen molar-refractivity contribution in [2.45, 2.75) is 26.2 Å². The zero-order valence-corrected chi connectivity index (χ0v) is 13.8. The number of carbonyl (C=O) groups excluding carboxylic acids is 2. The Hall–Kier alpha value is -2.37. The Labute approximate surface area is 141 Å². The van der Waals surface area contributed by atoms with Gasteiger partial charge in [0.1, 0.15) is 0 Å². The van der Waals surface area contributed by atoms with E-state index in [0.717, 1.165) is 11.3 Å². The van der Waals surface area contributed by atoms with E-state index in [4.69, 9.17) is 5.11 Å². The molecule has 1 N–H and O–H groups in total. The summed E-state index contributed by atoms with van der Waals surface area (Å²) in [5, 5.41) is 9.17. The first-order valence-electron chi connectivity index (χ1n) is 8.35. The molecule has 0 spiro atoms. The number of nitrogens with zero attached hydrogens (tertiary/aromatic N) is 2. The molecule has 0 radical (unpaired) electrons. The molecular formula is C18H22N2O4. The van der Waals surface area contributed by atoms with E-state index >= 15 is 0 Å². The van der Waals surface area contributed by atoms with Gasteiger partial charge in [-0.15, -0.1) is 0 Å². The Morgan fingerprint density at radius 1 is 1.17 bits per heavy atom. The van der Waals surface area contributed by atoms with Gasteiger partial charge in [-0.2, -0.15) is 0 Å². The number of anilines is 1. The summed E-state index contributed by atoms with van der Waals surface area (Å²) in [5.41, 5.74) is 1.85. The highest BCUT2D eigenvalue weighted by molar-refractivity contribution is 6.00. The van der Waals surface area contributed by atoms with Crippen LogP contribution >= 0.6 is 0 Å². The van der Waals surface area contributed by atoms with Gasteiger partial charge in [0.2, 0.25) is 11.8 Å². The predicted octanol–water partition coefficient (Wildman–Crippen LogP) is 1.67. The van der Waals surface area contributed by atoms with Crippen molar-refractivity contribution in [2.24, 2.45) is 11.8 Å². The minimum Gasteiger partial charge on any atom is -0.481 e. The van der Waals surface area contributed by atoms with Crippen LogP contribution < -0.4 is 4.90 Å². The highest BCUT2D eigenvalue weighted by Gasteiger charge is 2.39. The summed E-state index contributed by atoms with van der Waals surface area (Å²) in [6.45, 7) is 3.15. The SMILES string of the molecule is Cc1ccccc1N1C[C@H](C(=O)N2CCC[C@H](C(=O)O)C2)CC1=O. The van der Waals surface area contributed by atoms with Crippen LogP contribution in [0.2, 0.25) is 0 Å². The first-order chi connectivity index (χ1) is 11.5. The third-order valence-electron chi connectivity index (χ3n) is 4.96. The fraction of sp³-hybridized carbons (Fsp3) is 0.500. The van der Waals surface area contributed by atoms with Crippen LogP contribution in [0.25, 0.3) is 0 Å². The number of hydrogen-bond acceptors (Lipinski definition) is 3. The molecule has 128 valence electrons. The molecule has 6 heteroatoms. The fourth-order valence-electron chi connectivity index (χ4n) is 3.61. The number of likely N-dealkylation sites (tertiary alicyclic amines) is 1. The van der Waals surface area contributed by atoms with Crippen molar-refractivity contribution in [3.63, 3.8) is 0 Å². The molecule has 0 aromatic heterocycles. The summed E-state index contributed by atoms with van der Waals surface area (Å²) >= 11 is 0. The van der Waals surface area contributed by atoms with Crippen LogP contribution in [0.1, 0.15) is 24.8 Å². The van der Waals surface area contributed by atoms with Crippen LogP contribution in [0.5, 0.6) is 0 Å². The van der Waals surface area contributed by atoms with Gasteiger partial charge in [-0.05, 0) is 31.4 Å². The molecule has 3 rings (SSSR count). The van der Waals surface area contributed by atoms with Gasteiger partial charge in [0.25, 0.3) is 0 Å². The molecular weight excluding hydrogens is 308 g/mol. The molecule has 0 unspecified atom stereocenters. The number of carboxylic acids is 1. The van der Waals surface area contributed by atoms with Crippen molar-refractivity contribution in [3.8, 4) is 0 Å². The number of benzene rings is 1. The topological polar surface area (TPSA) is 77.9 Å². The summed E-state index contributed by atoms with van der Waals surface area (Å²) in [6, 6.07) is 7.63. The van der Waals surface area contributed by atoms with Crippen molar-refractivity contribution >= 4 is 23.5 Å². The number of para-hydroxylation sites is 1. The van der Waals surface area contributed by atoms with Crippen LogP contribution in [-0.2, 0) is 14.4 Å². The smallest absolute Gasteiger partial charge is 0.308 e. The number of piperidine rings is 1. The third-order valence-corrected chi connectivity index (χ3v) is 4.96. The molecule has 2 amide bonds. The van der Waals surface area contributed by atoms with E-state index in [-0.39, 0.29) is 30.7 Å². The quantitative estimate of drug-likeness (QED) is 0.914. The second-order valence-corrected chi connectivity index (χ2v) is 6.65. The summed E-state index contributed by atoms with van der Waals surface area (Å²) in [7, 11) is 0. The van der Waals surface area contributed by atoms with Crippen molar-refractivity contribution in [1.29, 1.82) is 0 Å². The molecule has 2 fully saturated rings. The first kappa shape index (κ1) is 16.5. The Balaban J connectivity index is 1.70. The molecule has 2 heterocycles. The fourth-order valence-corrected chi connectivity index (χ4v) is 3.61. The van der Waals surface area contributed by atoms with Crippen LogP contribution in [0.15, 0.2) is 24.3 Å². The minimum atomic E-state index is -0.850. The standard InChI is InChI=1S/C18H22N2O4/c1-12-5-2-3-7-15(12)20-11-14(9-16(20)21)17(22)19-8-4-6-13(10-19)18(23)24/h2-3,5,7,13-14H,4,6,8-11H2,1H3,(H,23,24)/t13-,14+/m0/s1. The van der Waals surface area contributed by atoms with Crippen LogP contribution in [0, 0.1) is 18.8 Å². The molecule has 6 nitrogen and oxygen atoms in total. The van der Waals surface area contributed by atoms with E-state index in [1.165, 1.54) is 0 Å². The molecule has 0 bridgehead atoms. The highest BCUT2D eigenvalue weighted by atomic mass is 16.4. The van der Waals surface area contributed by atoms with Gasteiger partial charge >= 0.3 is 5.97 Å². The Morgan fingerprint density at radius 2 is 1.92 bits per heavy atom. The van der Waals surface area contributed by atoms with Gasteiger partial charge in [-0.3, -0.25) is 14.4 Å². The predicted molar refractivity (Wildman–Crippen MR) is 88.6 cm³/mol. The Kier molecular flexibility index (Phi) is 4.55. The van der Waals surface area contributed by atoms with Gasteiger partial charge in [-0.25, -0.2) is 0 Å². The van der Waals surface area contributed by atoms with E-state index in [1.807, 2.05) is 31.2 Å². The average Bonchev–Trinajstić information content (AvgIpc) is 2.96. The van der Waals surface area contributed by atoms with Crippen molar-refractivity contribution in [3.05, 3.63) is 29.8 Å². The van der Waals surface area contributed by atoms with Gasteiger partial charge in [0, 0.05) is 31.7 Å². The van der Waals surface area contributed by atoms with Crippen LogP contribution in [0.3, 0.4) is 0 Å². The lowest BCUT2D eigenvalue weighted by Gasteiger charge is -2.32. The number of rotatable bonds is 3. The maximum absolute atomic E-state index is 12.7. The number of aryl methyl sites for hydroxylation is 1. The Morgan fingerprint density at radius 3 is 2.62 bits per heavy atom. The van der Waals surface area contributed by atoms with Crippen LogP contribution in [-0.4, -0.2) is 47.4 Å². The number of hydrogen-bond donors (Lipinski definition) is 1. The summed E-state index contributed by atoms with van der Waals surface area (Å²) in [4.78, 5) is 39.6. The van der Waals surface area contributed by atoms with E-state index in [9.17, 15) is 14.4 Å². The largest absolute Gasteiger partial charge is 0.481 e. The monoisotopic (exact) mass is 330 g/mol. The second-order valence-electron chi connectivity index (χ2n) is 6.65. The lowest BCUT2D eigenvalue weighted by atomic mass is 9.96. The molecule has 0 aliphatic carbocycles. The van der Waals surface area contributed by atoms with Crippen LogP contribution in [0.4, 0.5) is 5.69 Å².